The summed E-state index contributed by atoms with van der Waals surface area (Å²) in [4.78, 5) is 30.4. The Morgan fingerprint density at radius 2 is 1.88 bits per heavy atom. The van der Waals surface area contributed by atoms with Crippen molar-refractivity contribution in [1.82, 2.24) is 9.88 Å². The first-order valence-corrected chi connectivity index (χ1v) is 8.66. The number of hydrogen-bond donors (Lipinski definition) is 2. The van der Waals surface area contributed by atoms with Gasteiger partial charge in [-0.3, -0.25) is 4.98 Å². The lowest BCUT2D eigenvalue weighted by molar-refractivity contribution is 0.208. The number of anilines is 2. The number of amides is 2. The van der Waals surface area contributed by atoms with Gasteiger partial charge >= 0.3 is 11.8 Å². The van der Waals surface area contributed by atoms with Gasteiger partial charge in [0.1, 0.15) is 0 Å². The summed E-state index contributed by atoms with van der Waals surface area (Å²) in [6.45, 7) is 2.43. The van der Waals surface area contributed by atoms with E-state index < -0.39 is 5.76 Å². The normalized spacial score (nSPS) is 14.7. The van der Waals surface area contributed by atoms with Crippen molar-refractivity contribution in [3.05, 3.63) is 58.0 Å². The zero-order valence-electron chi connectivity index (χ0n) is 13.9. The number of para-hydroxylation sites is 1. The lowest BCUT2D eigenvalue weighted by Gasteiger charge is -2.35. The molecule has 7 nitrogen and oxygen atoms in total. The van der Waals surface area contributed by atoms with Gasteiger partial charge < -0.3 is 19.5 Å². The van der Waals surface area contributed by atoms with Crippen molar-refractivity contribution in [3.8, 4) is 0 Å². The van der Waals surface area contributed by atoms with Crippen LogP contribution < -0.4 is 16.0 Å². The molecular weight excluding hydrogens is 356 g/mol. The summed E-state index contributed by atoms with van der Waals surface area (Å²) in [6, 6.07) is 12.5. The zero-order valence-corrected chi connectivity index (χ0v) is 14.6. The first kappa shape index (κ1) is 16.5. The smallest absolute Gasteiger partial charge is 0.406 e. The van der Waals surface area contributed by atoms with Crippen molar-refractivity contribution in [2.75, 3.05) is 36.4 Å². The average Bonchev–Trinajstić information content (AvgIpc) is 3.02. The Morgan fingerprint density at radius 1 is 1.12 bits per heavy atom. The number of carbonyl (C=O) groups is 1. The largest absolute Gasteiger partial charge is 0.417 e. The maximum absolute atomic E-state index is 12.4. The van der Waals surface area contributed by atoms with E-state index in [1.54, 1.807) is 35.2 Å². The fraction of sp³-hybridized carbons (Fsp3) is 0.222. The van der Waals surface area contributed by atoms with Gasteiger partial charge in [0, 0.05) is 36.9 Å². The third-order valence-electron chi connectivity index (χ3n) is 4.41. The van der Waals surface area contributed by atoms with Crippen molar-refractivity contribution in [1.29, 1.82) is 0 Å². The Hall–Kier alpha value is -2.93. The highest BCUT2D eigenvalue weighted by atomic mass is 35.5. The molecule has 0 radical (unpaired) electrons. The summed E-state index contributed by atoms with van der Waals surface area (Å²) >= 11 is 5.95. The molecule has 2 aromatic carbocycles. The van der Waals surface area contributed by atoms with Crippen LogP contribution in [0.3, 0.4) is 0 Å². The second-order valence-corrected chi connectivity index (χ2v) is 6.52. The molecule has 1 aromatic heterocycles. The van der Waals surface area contributed by atoms with Crippen LogP contribution >= 0.6 is 11.6 Å². The molecule has 26 heavy (non-hydrogen) atoms. The molecule has 134 valence electrons. The van der Waals surface area contributed by atoms with Crippen LogP contribution in [0, 0.1) is 0 Å². The molecule has 1 saturated heterocycles. The van der Waals surface area contributed by atoms with Gasteiger partial charge in [0.2, 0.25) is 0 Å². The minimum absolute atomic E-state index is 0.154. The van der Waals surface area contributed by atoms with Gasteiger partial charge in [0.05, 0.1) is 11.2 Å². The summed E-state index contributed by atoms with van der Waals surface area (Å²) in [5.74, 6) is -0.466. The Morgan fingerprint density at radius 3 is 2.65 bits per heavy atom. The number of nitrogens with one attached hydrogen (secondary N) is 2. The number of hydrogen-bond acceptors (Lipinski definition) is 4. The van der Waals surface area contributed by atoms with Crippen LogP contribution in [0.1, 0.15) is 0 Å². The van der Waals surface area contributed by atoms with E-state index >= 15 is 0 Å². The first-order chi connectivity index (χ1) is 12.6. The lowest BCUT2D eigenvalue weighted by atomic mass is 10.2. The SMILES string of the molecule is O=C(Nc1cccc(Cl)c1)N1CCN(c2cccc3[nH]c(=O)oc23)CC1. The van der Waals surface area contributed by atoms with E-state index in [4.69, 9.17) is 16.0 Å². The highest BCUT2D eigenvalue weighted by Crippen LogP contribution is 2.26. The highest BCUT2D eigenvalue weighted by Gasteiger charge is 2.23. The van der Waals surface area contributed by atoms with Crippen LogP contribution in [0.5, 0.6) is 0 Å². The van der Waals surface area contributed by atoms with Crippen molar-refractivity contribution in [2.45, 2.75) is 0 Å². The highest BCUT2D eigenvalue weighted by molar-refractivity contribution is 6.30. The second-order valence-electron chi connectivity index (χ2n) is 6.08. The summed E-state index contributed by atoms with van der Waals surface area (Å²) < 4.78 is 5.26. The average molecular weight is 373 g/mol. The first-order valence-electron chi connectivity index (χ1n) is 8.28. The van der Waals surface area contributed by atoms with Crippen LogP contribution in [-0.2, 0) is 0 Å². The summed E-state index contributed by atoms with van der Waals surface area (Å²) in [6.07, 6.45) is 0. The van der Waals surface area contributed by atoms with Crippen LogP contribution in [0.25, 0.3) is 11.1 Å². The topological polar surface area (TPSA) is 81.6 Å². The van der Waals surface area contributed by atoms with Gasteiger partial charge in [-0.25, -0.2) is 9.59 Å². The van der Waals surface area contributed by atoms with E-state index in [9.17, 15) is 9.59 Å². The molecule has 8 heteroatoms. The van der Waals surface area contributed by atoms with Crippen LogP contribution in [0.4, 0.5) is 16.2 Å². The van der Waals surface area contributed by atoms with E-state index in [0.29, 0.717) is 48.0 Å². The number of fused-ring (bicyclic) bond motifs is 1. The molecule has 0 bridgehead atoms. The van der Waals surface area contributed by atoms with E-state index in [1.807, 2.05) is 12.1 Å². The third kappa shape index (κ3) is 3.25. The molecule has 0 spiro atoms. The molecule has 4 rings (SSSR count). The Bertz CT molecular complexity index is 1000. The molecular formula is C18H17ClN4O3. The maximum Gasteiger partial charge on any atom is 0.417 e. The number of nitrogens with zero attached hydrogens (tertiary/aromatic N) is 2. The number of oxazole rings is 1. The molecule has 1 fully saturated rings. The van der Waals surface area contributed by atoms with Gasteiger partial charge in [0.25, 0.3) is 0 Å². The predicted octanol–water partition coefficient (Wildman–Crippen LogP) is 3.13. The minimum Gasteiger partial charge on any atom is -0.406 e. The van der Waals surface area contributed by atoms with Crippen molar-refractivity contribution in [2.24, 2.45) is 0 Å². The molecule has 2 N–H and O–H groups in total. The third-order valence-corrected chi connectivity index (χ3v) is 4.64. The summed E-state index contributed by atoms with van der Waals surface area (Å²) in [7, 11) is 0. The van der Waals surface area contributed by atoms with Crippen molar-refractivity contribution < 1.29 is 9.21 Å². The van der Waals surface area contributed by atoms with Crippen LogP contribution in [0.15, 0.2) is 51.7 Å². The molecule has 0 atom stereocenters. The Balaban J connectivity index is 1.43. The molecule has 1 aliphatic rings. The van der Waals surface area contributed by atoms with Gasteiger partial charge in [0.15, 0.2) is 5.58 Å². The van der Waals surface area contributed by atoms with E-state index in [2.05, 4.69) is 15.2 Å². The molecule has 0 saturated carbocycles. The van der Waals surface area contributed by atoms with Crippen LogP contribution in [0.2, 0.25) is 5.02 Å². The minimum atomic E-state index is -0.466. The number of H-pyrrole nitrogens is 1. The summed E-state index contributed by atoms with van der Waals surface area (Å²) in [5, 5.41) is 3.44. The van der Waals surface area contributed by atoms with Crippen LogP contribution in [-0.4, -0.2) is 42.1 Å². The number of rotatable bonds is 2. The number of aromatic amines is 1. The van der Waals surface area contributed by atoms with Crippen molar-refractivity contribution in [3.63, 3.8) is 0 Å². The fourth-order valence-electron chi connectivity index (χ4n) is 3.13. The molecule has 0 unspecified atom stereocenters. The maximum atomic E-state index is 12.4. The zero-order chi connectivity index (χ0) is 18.1. The monoisotopic (exact) mass is 372 g/mol. The number of piperazine rings is 1. The Kier molecular flexibility index (Phi) is 4.30. The summed E-state index contributed by atoms with van der Waals surface area (Å²) in [5.41, 5.74) is 2.75. The van der Waals surface area contributed by atoms with Gasteiger partial charge in [-0.05, 0) is 30.3 Å². The number of aromatic nitrogens is 1. The van der Waals surface area contributed by atoms with Crippen molar-refractivity contribution >= 4 is 40.1 Å². The second kappa shape index (κ2) is 6.76. The van der Waals surface area contributed by atoms with Gasteiger partial charge in [-0.1, -0.05) is 23.7 Å². The fourth-order valence-corrected chi connectivity index (χ4v) is 3.32. The lowest BCUT2D eigenvalue weighted by Crippen LogP contribution is -2.50. The number of benzene rings is 2. The van der Waals surface area contributed by atoms with E-state index in [-0.39, 0.29) is 6.03 Å². The molecule has 2 heterocycles. The molecule has 3 aromatic rings. The number of halogens is 1. The quantitative estimate of drug-likeness (QED) is 0.724. The standard InChI is InChI=1S/C18H17ClN4O3/c19-12-3-1-4-13(11-12)20-17(24)23-9-7-22(8-10-23)15-6-2-5-14-16(15)26-18(25)21-14/h1-6,11H,7-10H2,(H,20,24)(H,21,25). The number of urea groups is 1. The number of carbonyl (C=O) groups excluding carboxylic acids is 1. The molecule has 1 aliphatic heterocycles. The van der Waals surface area contributed by atoms with E-state index in [1.165, 1.54) is 0 Å². The van der Waals surface area contributed by atoms with Gasteiger partial charge in [-0.15, -0.1) is 0 Å². The Labute approximate surface area is 154 Å². The molecule has 0 aliphatic carbocycles. The van der Waals surface area contributed by atoms with E-state index in [0.717, 1.165) is 5.69 Å². The molecule has 2 amide bonds. The van der Waals surface area contributed by atoms with Gasteiger partial charge in [-0.2, -0.15) is 0 Å². The predicted molar refractivity (Wildman–Crippen MR) is 101 cm³/mol.